The Morgan fingerprint density at radius 2 is 2.28 bits per heavy atom. The number of carboxylic acids is 1. The predicted octanol–water partition coefficient (Wildman–Crippen LogP) is 2.43. The second-order valence-electron chi connectivity index (χ2n) is 4.22. The zero-order valence-electron chi connectivity index (χ0n) is 9.47. The summed E-state index contributed by atoms with van der Waals surface area (Å²) < 4.78 is 0.754. The zero-order chi connectivity index (χ0) is 13.3. The number of benzene rings is 1. The van der Waals surface area contributed by atoms with Crippen molar-refractivity contribution in [1.82, 2.24) is 0 Å². The fourth-order valence-electron chi connectivity index (χ4n) is 2.05. The standard InChI is InChI=1S/C12H12BrNO3S/c13-8-1-2-9(12(16)17)10(4-8)14-5-7(6-18)3-11(14)15/h1-2,4,7,18H,3,5-6H2,(H,16,17). The van der Waals surface area contributed by atoms with Crippen molar-refractivity contribution in [3.63, 3.8) is 0 Å². The maximum atomic E-state index is 11.9. The molecule has 1 fully saturated rings. The van der Waals surface area contributed by atoms with Crippen LogP contribution in [0.5, 0.6) is 0 Å². The molecule has 0 radical (unpaired) electrons. The number of carboxylic acid groups (broad SMARTS) is 1. The molecule has 4 nitrogen and oxygen atoms in total. The van der Waals surface area contributed by atoms with Gasteiger partial charge in [0.1, 0.15) is 0 Å². The van der Waals surface area contributed by atoms with Crippen molar-refractivity contribution in [2.75, 3.05) is 17.2 Å². The molecule has 1 saturated heterocycles. The number of thiol groups is 1. The van der Waals surface area contributed by atoms with Gasteiger partial charge in [0, 0.05) is 17.4 Å². The number of halogens is 1. The molecule has 96 valence electrons. The van der Waals surface area contributed by atoms with Gasteiger partial charge in [0.05, 0.1) is 11.3 Å². The second kappa shape index (κ2) is 5.32. The summed E-state index contributed by atoms with van der Waals surface area (Å²) in [6, 6.07) is 4.83. The molecule has 1 heterocycles. The highest BCUT2D eigenvalue weighted by molar-refractivity contribution is 9.10. The molecular weight excluding hydrogens is 318 g/mol. The summed E-state index contributed by atoms with van der Waals surface area (Å²) in [6.07, 6.45) is 0.426. The Labute approximate surface area is 119 Å². The van der Waals surface area contributed by atoms with Crippen LogP contribution in [0.4, 0.5) is 5.69 Å². The van der Waals surface area contributed by atoms with E-state index < -0.39 is 5.97 Å². The van der Waals surface area contributed by atoms with E-state index in [9.17, 15) is 9.59 Å². The fraction of sp³-hybridized carbons (Fsp3) is 0.333. The Hall–Kier alpha value is -1.01. The van der Waals surface area contributed by atoms with E-state index in [0.717, 1.165) is 4.47 Å². The summed E-state index contributed by atoms with van der Waals surface area (Å²) in [5.41, 5.74) is 0.595. The molecule has 2 rings (SSSR count). The van der Waals surface area contributed by atoms with E-state index in [2.05, 4.69) is 28.6 Å². The van der Waals surface area contributed by atoms with E-state index >= 15 is 0 Å². The highest BCUT2D eigenvalue weighted by atomic mass is 79.9. The van der Waals surface area contributed by atoms with Crippen molar-refractivity contribution < 1.29 is 14.7 Å². The first-order valence-electron chi connectivity index (χ1n) is 5.47. The molecule has 1 unspecified atom stereocenters. The van der Waals surface area contributed by atoms with Gasteiger partial charge in [-0.3, -0.25) is 4.79 Å². The topological polar surface area (TPSA) is 57.6 Å². The highest BCUT2D eigenvalue weighted by Gasteiger charge is 2.32. The number of rotatable bonds is 3. The molecular formula is C12H12BrNO3S. The highest BCUT2D eigenvalue weighted by Crippen LogP contribution is 2.31. The van der Waals surface area contributed by atoms with Gasteiger partial charge in [-0.15, -0.1) is 0 Å². The zero-order valence-corrected chi connectivity index (χ0v) is 11.9. The average molecular weight is 330 g/mol. The summed E-state index contributed by atoms with van der Waals surface area (Å²) in [5, 5.41) is 9.16. The summed E-state index contributed by atoms with van der Waals surface area (Å²) in [5.74, 6) is -0.269. The van der Waals surface area contributed by atoms with Crippen LogP contribution in [0.1, 0.15) is 16.8 Å². The van der Waals surface area contributed by atoms with Gasteiger partial charge in [-0.25, -0.2) is 4.79 Å². The molecule has 0 bridgehead atoms. The van der Waals surface area contributed by atoms with E-state index in [1.165, 1.54) is 11.0 Å². The minimum atomic E-state index is -1.03. The van der Waals surface area contributed by atoms with Gasteiger partial charge >= 0.3 is 5.97 Å². The third-order valence-corrected chi connectivity index (χ3v) is 3.95. The first-order chi connectivity index (χ1) is 8.52. The Morgan fingerprint density at radius 1 is 1.56 bits per heavy atom. The summed E-state index contributed by atoms with van der Waals surface area (Å²) >= 11 is 7.49. The normalized spacial score (nSPS) is 19.3. The number of carbonyl (C=O) groups excluding carboxylic acids is 1. The molecule has 1 aliphatic heterocycles. The third-order valence-electron chi connectivity index (χ3n) is 2.94. The number of anilines is 1. The number of carbonyl (C=O) groups is 2. The number of hydrogen-bond acceptors (Lipinski definition) is 3. The molecule has 1 aliphatic rings. The molecule has 1 amide bonds. The van der Waals surface area contributed by atoms with Crippen molar-refractivity contribution >= 4 is 46.1 Å². The molecule has 0 aliphatic carbocycles. The number of nitrogens with zero attached hydrogens (tertiary/aromatic N) is 1. The smallest absolute Gasteiger partial charge is 0.337 e. The Kier molecular flexibility index (Phi) is 3.97. The maximum absolute atomic E-state index is 11.9. The van der Waals surface area contributed by atoms with Crippen LogP contribution >= 0.6 is 28.6 Å². The van der Waals surface area contributed by atoms with Gasteiger partial charge in [-0.1, -0.05) is 15.9 Å². The van der Waals surface area contributed by atoms with Crippen LogP contribution in [0.3, 0.4) is 0 Å². The lowest BCUT2D eigenvalue weighted by atomic mass is 10.1. The molecule has 1 aromatic rings. The van der Waals surface area contributed by atoms with E-state index in [1.54, 1.807) is 12.1 Å². The van der Waals surface area contributed by atoms with Gasteiger partial charge in [0.2, 0.25) is 5.91 Å². The lowest BCUT2D eigenvalue weighted by Crippen LogP contribution is -2.26. The van der Waals surface area contributed by atoms with Crippen LogP contribution < -0.4 is 4.90 Å². The van der Waals surface area contributed by atoms with E-state index in [0.29, 0.717) is 24.4 Å². The first-order valence-corrected chi connectivity index (χ1v) is 6.89. The molecule has 0 spiro atoms. The minimum absolute atomic E-state index is 0.0466. The van der Waals surface area contributed by atoms with Crippen molar-refractivity contribution in [1.29, 1.82) is 0 Å². The van der Waals surface area contributed by atoms with E-state index in [1.807, 2.05) is 0 Å². The van der Waals surface area contributed by atoms with E-state index in [4.69, 9.17) is 5.11 Å². The summed E-state index contributed by atoms with van der Waals surface area (Å²) in [4.78, 5) is 24.6. The quantitative estimate of drug-likeness (QED) is 0.837. The lowest BCUT2D eigenvalue weighted by Gasteiger charge is -2.19. The van der Waals surface area contributed by atoms with Crippen molar-refractivity contribution in [2.45, 2.75) is 6.42 Å². The predicted molar refractivity (Wildman–Crippen MR) is 75.4 cm³/mol. The Morgan fingerprint density at radius 3 is 2.83 bits per heavy atom. The summed E-state index contributed by atoms with van der Waals surface area (Å²) in [7, 11) is 0. The Balaban J connectivity index is 2.41. The minimum Gasteiger partial charge on any atom is -0.478 e. The third kappa shape index (κ3) is 2.54. The monoisotopic (exact) mass is 329 g/mol. The molecule has 1 aromatic carbocycles. The molecule has 6 heteroatoms. The van der Waals surface area contributed by atoms with Gasteiger partial charge < -0.3 is 10.0 Å². The summed E-state index contributed by atoms with van der Waals surface area (Å²) in [6.45, 7) is 0.527. The van der Waals surface area contributed by atoms with Crippen LogP contribution in [0.15, 0.2) is 22.7 Å². The van der Waals surface area contributed by atoms with Crippen LogP contribution in [0.2, 0.25) is 0 Å². The molecule has 0 saturated carbocycles. The molecule has 1 atom stereocenters. The van der Waals surface area contributed by atoms with E-state index in [-0.39, 0.29) is 17.4 Å². The molecule has 1 N–H and O–H groups in total. The molecule has 18 heavy (non-hydrogen) atoms. The van der Waals surface area contributed by atoms with Gasteiger partial charge in [-0.05, 0) is 29.9 Å². The van der Waals surface area contributed by atoms with Crippen LogP contribution in [-0.4, -0.2) is 29.3 Å². The second-order valence-corrected chi connectivity index (χ2v) is 5.50. The molecule has 0 aromatic heterocycles. The number of aromatic carboxylic acids is 1. The first kappa shape index (κ1) is 13.4. The maximum Gasteiger partial charge on any atom is 0.337 e. The number of hydrogen-bond donors (Lipinski definition) is 2. The van der Waals surface area contributed by atoms with Gasteiger partial charge in [0.25, 0.3) is 0 Å². The van der Waals surface area contributed by atoms with Crippen molar-refractivity contribution in [3.05, 3.63) is 28.2 Å². The largest absolute Gasteiger partial charge is 0.478 e. The SMILES string of the molecule is O=C(O)c1ccc(Br)cc1N1CC(CS)CC1=O. The van der Waals surface area contributed by atoms with Gasteiger partial charge in [0.15, 0.2) is 0 Å². The average Bonchev–Trinajstić information content (AvgIpc) is 2.70. The van der Waals surface area contributed by atoms with Crippen LogP contribution in [-0.2, 0) is 4.79 Å². The van der Waals surface area contributed by atoms with Crippen LogP contribution in [0, 0.1) is 5.92 Å². The van der Waals surface area contributed by atoms with Crippen molar-refractivity contribution in [3.8, 4) is 0 Å². The lowest BCUT2D eigenvalue weighted by molar-refractivity contribution is -0.117. The Bertz CT molecular complexity index is 506. The fourth-order valence-corrected chi connectivity index (χ4v) is 2.64. The number of amides is 1. The van der Waals surface area contributed by atoms with Gasteiger partial charge in [-0.2, -0.15) is 12.6 Å². The van der Waals surface area contributed by atoms with Crippen molar-refractivity contribution in [2.24, 2.45) is 5.92 Å². The van der Waals surface area contributed by atoms with Crippen LogP contribution in [0.25, 0.3) is 0 Å².